The molecule has 4 aliphatic rings. The summed E-state index contributed by atoms with van der Waals surface area (Å²) in [5, 5.41) is 13.4. The number of amides is 1. The molecule has 3 nitrogen and oxygen atoms in total. The number of hydrogen-bond donors (Lipinski definition) is 2. The van der Waals surface area contributed by atoms with Gasteiger partial charge >= 0.3 is 0 Å². The summed E-state index contributed by atoms with van der Waals surface area (Å²) in [7, 11) is 0. The van der Waals surface area contributed by atoms with E-state index in [1.165, 1.54) is 44.9 Å². The maximum Gasteiger partial charge on any atom is 0.217 e. The lowest BCUT2D eigenvalue weighted by Crippen LogP contribution is -2.56. The minimum absolute atomic E-state index is 0.0518. The van der Waals surface area contributed by atoms with E-state index in [9.17, 15) is 9.90 Å². The van der Waals surface area contributed by atoms with Crippen LogP contribution in [0.15, 0.2) is 0 Å². The van der Waals surface area contributed by atoms with Gasteiger partial charge in [-0.15, -0.1) is 0 Å². The molecule has 0 aromatic carbocycles. The Morgan fingerprint density at radius 3 is 2.42 bits per heavy atom. The normalized spacial score (nSPS) is 53.7. The number of carbonyl (C=O) groups is 1. The fraction of sp³-hybridized carbons (Fsp3) is 0.952. The van der Waals surface area contributed by atoms with Gasteiger partial charge in [-0.1, -0.05) is 13.8 Å². The van der Waals surface area contributed by atoms with E-state index in [0.29, 0.717) is 16.9 Å². The topological polar surface area (TPSA) is 49.3 Å². The summed E-state index contributed by atoms with van der Waals surface area (Å²) in [5.74, 6) is 3.36. The summed E-state index contributed by atoms with van der Waals surface area (Å²) in [5.41, 5.74) is 0.764. The monoisotopic (exact) mass is 333 g/mol. The summed E-state index contributed by atoms with van der Waals surface area (Å²) < 4.78 is 0. The molecule has 4 fully saturated rings. The van der Waals surface area contributed by atoms with E-state index in [0.717, 1.165) is 36.5 Å². The average Bonchev–Trinajstić information content (AvgIpc) is 2.84. The van der Waals surface area contributed by atoms with E-state index in [-0.39, 0.29) is 12.0 Å². The first-order valence-electron chi connectivity index (χ1n) is 10.3. The minimum Gasteiger partial charge on any atom is -0.393 e. The lowest BCUT2D eigenvalue weighted by molar-refractivity contribution is -0.129. The van der Waals surface area contributed by atoms with Gasteiger partial charge in [0.05, 0.1) is 6.10 Å². The third-order valence-corrected chi connectivity index (χ3v) is 9.02. The number of aliphatic hydroxyl groups excluding tert-OH is 1. The van der Waals surface area contributed by atoms with E-state index in [2.05, 4.69) is 19.2 Å². The van der Waals surface area contributed by atoms with Crippen LogP contribution in [0.25, 0.3) is 0 Å². The maximum absolute atomic E-state index is 11.6. The summed E-state index contributed by atoms with van der Waals surface area (Å²) in [6.07, 6.45) is 10.9. The van der Waals surface area contributed by atoms with Crippen LogP contribution < -0.4 is 5.32 Å². The number of hydrogen-bond acceptors (Lipinski definition) is 2. The Hall–Kier alpha value is -0.570. The molecule has 0 aliphatic heterocycles. The van der Waals surface area contributed by atoms with Crippen molar-refractivity contribution in [1.82, 2.24) is 5.32 Å². The van der Waals surface area contributed by atoms with Crippen molar-refractivity contribution in [1.29, 1.82) is 0 Å². The fourth-order valence-electron chi connectivity index (χ4n) is 7.72. The Morgan fingerprint density at radius 2 is 1.67 bits per heavy atom. The van der Waals surface area contributed by atoms with Gasteiger partial charge in [-0.05, 0) is 92.3 Å². The summed E-state index contributed by atoms with van der Waals surface area (Å²) in [4.78, 5) is 11.6. The number of rotatable bonds is 1. The molecule has 0 bridgehead atoms. The number of aliphatic hydroxyl groups is 1. The van der Waals surface area contributed by atoms with Crippen molar-refractivity contribution < 1.29 is 9.90 Å². The Morgan fingerprint density at radius 1 is 0.958 bits per heavy atom. The van der Waals surface area contributed by atoms with Gasteiger partial charge in [0.1, 0.15) is 0 Å². The first kappa shape index (κ1) is 16.9. The average molecular weight is 334 g/mol. The fourth-order valence-corrected chi connectivity index (χ4v) is 7.72. The summed E-state index contributed by atoms with van der Waals surface area (Å²) in [6.45, 7) is 6.67. The molecule has 0 aromatic rings. The highest BCUT2D eigenvalue weighted by atomic mass is 16.3. The predicted molar refractivity (Wildman–Crippen MR) is 95.3 cm³/mol. The van der Waals surface area contributed by atoms with Gasteiger partial charge < -0.3 is 10.4 Å². The molecule has 4 aliphatic carbocycles. The quantitative estimate of drug-likeness (QED) is 0.765. The highest BCUT2D eigenvalue weighted by Crippen LogP contribution is 2.66. The first-order valence-corrected chi connectivity index (χ1v) is 10.3. The number of fused-ring (bicyclic) bond motifs is 5. The largest absolute Gasteiger partial charge is 0.393 e. The second-order valence-corrected chi connectivity index (χ2v) is 9.96. The lowest BCUT2D eigenvalue weighted by Gasteiger charge is -2.60. The molecule has 3 heteroatoms. The van der Waals surface area contributed by atoms with E-state index in [1.807, 2.05) is 0 Å². The van der Waals surface area contributed by atoms with Crippen LogP contribution in [0.5, 0.6) is 0 Å². The molecule has 136 valence electrons. The smallest absolute Gasteiger partial charge is 0.217 e. The molecule has 0 saturated heterocycles. The van der Waals surface area contributed by atoms with Crippen molar-refractivity contribution in [2.45, 2.75) is 90.7 Å². The highest BCUT2D eigenvalue weighted by molar-refractivity contribution is 5.73. The van der Waals surface area contributed by atoms with Crippen LogP contribution >= 0.6 is 0 Å². The van der Waals surface area contributed by atoms with Gasteiger partial charge in [-0.2, -0.15) is 0 Å². The van der Waals surface area contributed by atoms with Gasteiger partial charge in [-0.25, -0.2) is 0 Å². The van der Waals surface area contributed by atoms with Crippen molar-refractivity contribution in [3.8, 4) is 0 Å². The molecular weight excluding hydrogens is 298 g/mol. The Kier molecular flexibility index (Phi) is 4.02. The molecule has 1 amide bonds. The molecular formula is C21H35NO2. The van der Waals surface area contributed by atoms with Crippen molar-refractivity contribution in [3.63, 3.8) is 0 Å². The van der Waals surface area contributed by atoms with Crippen molar-refractivity contribution in [2.75, 3.05) is 0 Å². The van der Waals surface area contributed by atoms with E-state index in [1.54, 1.807) is 6.92 Å². The minimum atomic E-state index is -0.0518. The second-order valence-electron chi connectivity index (χ2n) is 9.96. The van der Waals surface area contributed by atoms with Crippen LogP contribution in [-0.2, 0) is 4.79 Å². The molecule has 0 unspecified atom stereocenters. The van der Waals surface area contributed by atoms with Crippen LogP contribution in [-0.4, -0.2) is 23.2 Å². The van der Waals surface area contributed by atoms with E-state index >= 15 is 0 Å². The maximum atomic E-state index is 11.6. The number of nitrogens with one attached hydrogen (secondary N) is 1. The van der Waals surface area contributed by atoms with Crippen LogP contribution in [0.1, 0.15) is 78.6 Å². The molecule has 2 N–H and O–H groups in total. The Labute approximate surface area is 147 Å². The van der Waals surface area contributed by atoms with Crippen LogP contribution in [0.4, 0.5) is 0 Å². The summed E-state index contributed by atoms with van der Waals surface area (Å²) in [6, 6.07) is 0.389. The van der Waals surface area contributed by atoms with Crippen LogP contribution in [0.3, 0.4) is 0 Å². The molecule has 24 heavy (non-hydrogen) atoms. The molecule has 8 atom stereocenters. The van der Waals surface area contributed by atoms with Gasteiger partial charge in [0, 0.05) is 13.0 Å². The van der Waals surface area contributed by atoms with Crippen molar-refractivity contribution in [2.24, 2.45) is 34.5 Å². The third kappa shape index (κ3) is 2.37. The zero-order chi connectivity index (χ0) is 17.1. The van der Waals surface area contributed by atoms with Crippen molar-refractivity contribution >= 4 is 5.91 Å². The third-order valence-electron chi connectivity index (χ3n) is 9.02. The number of carbonyl (C=O) groups excluding carboxylic acids is 1. The Bertz CT molecular complexity index is 520. The van der Waals surface area contributed by atoms with E-state index < -0.39 is 0 Å². The molecule has 0 spiro atoms. The standard InChI is InChI=1S/C21H35NO2/c1-13(23)22-19-7-6-17-16-5-4-14-12-15(24)8-10-20(14,2)18(16)9-11-21(17,19)3/h14-19,24H,4-12H2,1-3H3,(H,22,23)/t14-,15+,16-,17-,18-,19-,20-,21-/m0/s1. The highest BCUT2D eigenvalue weighted by Gasteiger charge is 2.60. The Balaban J connectivity index is 1.57. The van der Waals surface area contributed by atoms with Crippen LogP contribution in [0.2, 0.25) is 0 Å². The molecule has 0 heterocycles. The molecule has 4 saturated carbocycles. The lowest BCUT2D eigenvalue weighted by atomic mass is 9.45. The second kappa shape index (κ2) is 5.72. The van der Waals surface area contributed by atoms with Gasteiger partial charge in [0.2, 0.25) is 5.91 Å². The predicted octanol–water partition coefficient (Wildman–Crippen LogP) is 3.89. The van der Waals surface area contributed by atoms with Gasteiger partial charge in [0.15, 0.2) is 0 Å². The SMILES string of the molecule is CC(=O)N[C@H]1CC[C@H]2[C@@H]3CC[C@H]4C[C@H](O)CC[C@]4(C)[C@H]3CC[C@]12C. The first-order chi connectivity index (χ1) is 11.3. The summed E-state index contributed by atoms with van der Waals surface area (Å²) >= 11 is 0. The van der Waals surface area contributed by atoms with Gasteiger partial charge in [0.25, 0.3) is 0 Å². The molecule has 4 rings (SSSR count). The van der Waals surface area contributed by atoms with Crippen molar-refractivity contribution in [3.05, 3.63) is 0 Å². The molecule has 0 radical (unpaired) electrons. The van der Waals surface area contributed by atoms with Crippen LogP contribution in [0, 0.1) is 34.5 Å². The molecule has 0 aromatic heterocycles. The zero-order valence-electron chi connectivity index (χ0n) is 15.7. The zero-order valence-corrected chi connectivity index (χ0v) is 15.7. The van der Waals surface area contributed by atoms with Gasteiger partial charge in [-0.3, -0.25) is 4.79 Å². The van der Waals surface area contributed by atoms with E-state index in [4.69, 9.17) is 0 Å².